The maximum absolute atomic E-state index is 12.5. The molecule has 1 fully saturated rings. The van der Waals surface area contributed by atoms with Gasteiger partial charge >= 0.3 is 5.97 Å². The van der Waals surface area contributed by atoms with Crippen LogP contribution in [0, 0.1) is 5.92 Å². The molecule has 1 aromatic carbocycles. The van der Waals surface area contributed by atoms with E-state index in [0.717, 1.165) is 19.3 Å². The molecular weight excluding hydrogens is 350 g/mol. The lowest BCUT2D eigenvalue weighted by Crippen LogP contribution is -2.45. The fourth-order valence-electron chi connectivity index (χ4n) is 3.31. The number of hydrogen-bond donors (Lipinski definition) is 1. The van der Waals surface area contributed by atoms with Gasteiger partial charge < -0.3 is 24.3 Å². The molecule has 1 N–H and O–H groups in total. The Morgan fingerprint density at radius 3 is 2.15 bits per heavy atom. The molecular formula is C20H29NO6. The third kappa shape index (κ3) is 5.05. The van der Waals surface area contributed by atoms with E-state index in [1.165, 1.54) is 39.9 Å². The minimum atomic E-state index is -0.897. The van der Waals surface area contributed by atoms with Crippen LogP contribution >= 0.6 is 0 Å². The second-order valence-electron chi connectivity index (χ2n) is 6.84. The lowest BCUT2D eigenvalue weighted by molar-refractivity contribution is -0.130. The number of hydrogen-bond acceptors (Lipinski definition) is 6. The molecule has 0 radical (unpaired) electrons. The molecule has 1 saturated carbocycles. The van der Waals surface area contributed by atoms with Crippen LogP contribution < -0.4 is 19.5 Å². The number of rotatable bonds is 7. The number of ether oxygens (including phenoxy) is 4. The summed E-state index contributed by atoms with van der Waals surface area (Å²) in [6.07, 6.45) is 3.46. The summed E-state index contributed by atoms with van der Waals surface area (Å²) in [6, 6.07) is 3.13. The fourth-order valence-corrected chi connectivity index (χ4v) is 3.31. The zero-order valence-corrected chi connectivity index (χ0v) is 16.7. The van der Waals surface area contributed by atoms with Gasteiger partial charge in [-0.05, 0) is 37.8 Å². The predicted molar refractivity (Wildman–Crippen MR) is 101 cm³/mol. The zero-order chi connectivity index (χ0) is 20.0. The summed E-state index contributed by atoms with van der Waals surface area (Å²) < 4.78 is 21.1. The van der Waals surface area contributed by atoms with Crippen molar-refractivity contribution in [2.45, 2.75) is 51.7 Å². The van der Waals surface area contributed by atoms with Crippen molar-refractivity contribution in [3.05, 3.63) is 17.7 Å². The van der Waals surface area contributed by atoms with Crippen molar-refractivity contribution in [3.8, 4) is 17.2 Å². The molecule has 1 amide bonds. The number of amides is 1. The van der Waals surface area contributed by atoms with Crippen LogP contribution in [-0.2, 0) is 9.53 Å². The first kappa shape index (κ1) is 20.9. The van der Waals surface area contributed by atoms with E-state index >= 15 is 0 Å². The molecule has 0 aliphatic heterocycles. The van der Waals surface area contributed by atoms with Crippen molar-refractivity contribution in [3.63, 3.8) is 0 Å². The first-order chi connectivity index (χ1) is 12.9. The van der Waals surface area contributed by atoms with Crippen LogP contribution in [0.2, 0.25) is 0 Å². The lowest BCUT2D eigenvalue weighted by Gasteiger charge is -2.30. The van der Waals surface area contributed by atoms with E-state index in [1.54, 1.807) is 6.92 Å². The highest BCUT2D eigenvalue weighted by Gasteiger charge is 2.27. The van der Waals surface area contributed by atoms with Gasteiger partial charge in [-0.2, -0.15) is 0 Å². The van der Waals surface area contributed by atoms with Crippen molar-refractivity contribution in [2.75, 3.05) is 21.3 Å². The van der Waals surface area contributed by atoms with Crippen molar-refractivity contribution in [2.24, 2.45) is 5.92 Å². The maximum atomic E-state index is 12.5. The van der Waals surface area contributed by atoms with E-state index < -0.39 is 12.1 Å². The average molecular weight is 379 g/mol. The molecule has 1 aliphatic rings. The number of benzene rings is 1. The minimum Gasteiger partial charge on any atom is -0.493 e. The first-order valence-electron chi connectivity index (χ1n) is 9.22. The largest absolute Gasteiger partial charge is 0.493 e. The molecule has 7 nitrogen and oxygen atoms in total. The highest BCUT2D eigenvalue weighted by Crippen LogP contribution is 2.38. The monoisotopic (exact) mass is 379 g/mol. The molecule has 1 aromatic rings. The molecule has 0 saturated heterocycles. The number of carbonyl (C=O) groups is 2. The zero-order valence-electron chi connectivity index (χ0n) is 16.7. The normalized spacial score (nSPS) is 20.3. The highest BCUT2D eigenvalue weighted by molar-refractivity contribution is 5.93. The summed E-state index contributed by atoms with van der Waals surface area (Å²) in [5, 5.41) is 3.00. The van der Waals surface area contributed by atoms with Crippen LogP contribution in [0.5, 0.6) is 17.2 Å². The second-order valence-corrected chi connectivity index (χ2v) is 6.84. The Hall–Kier alpha value is -2.44. The molecule has 0 heterocycles. The summed E-state index contributed by atoms with van der Waals surface area (Å²) in [6.45, 7) is 3.70. The summed E-state index contributed by atoms with van der Waals surface area (Å²) >= 11 is 0. The van der Waals surface area contributed by atoms with E-state index in [1.807, 2.05) is 0 Å². The van der Waals surface area contributed by atoms with E-state index in [9.17, 15) is 9.59 Å². The Morgan fingerprint density at radius 1 is 1.04 bits per heavy atom. The van der Waals surface area contributed by atoms with E-state index in [2.05, 4.69) is 12.2 Å². The van der Waals surface area contributed by atoms with E-state index in [0.29, 0.717) is 23.2 Å². The van der Waals surface area contributed by atoms with Gasteiger partial charge in [0.05, 0.1) is 26.9 Å². The SMILES string of the molecule is COc1cc(C(=O)O[C@@H](C)C(=O)N[C@H]2CCCC[C@@H]2C)cc(OC)c1OC. The average Bonchev–Trinajstić information content (AvgIpc) is 2.68. The van der Waals surface area contributed by atoms with Gasteiger partial charge in [-0.25, -0.2) is 4.79 Å². The highest BCUT2D eigenvalue weighted by atomic mass is 16.5. The lowest BCUT2D eigenvalue weighted by atomic mass is 9.86. The van der Waals surface area contributed by atoms with E-state index in [4.69, 9.17) is 18.9 Å². The maximum Gasteiger partial charge on any atom is 0.339 e. The van der Waals surface area contributed by atoms with Crippen LogP contribution in [0.4, 0.5) is 0 Å². The molecule has 7 heteroatoms. The quantitative estimate of drug-likeness (QED) is 0.734. The minimum absolute atomic E-state index is 0.133. The van der Waals surface area contributed by atoms with E-state index in [-0.39, 0.29) is 17.5 Å². The first-order valence-corrected chi connectivity index (χ1v) is 9.22. The van der Waals surface area contributed by atoms with Crippen LogP contribution in [-0.4, -0.2) is 45.4 Å². The van der Waals surface area contributed by atoms with Crippen LogP contribution in [0.15, 0.2) is 12.1 Å². The van der Waals surface area contributed by atoms with Crippen molar-refractivity contribution in [1.82, 2.24) is 5.32 Å². The van der Waals surface area contributed by atoms with Crippen molar-refractivity contribution in [1.29, 1.82) is 0 Å². The molecule has 27 heavy (non-hydrogen) atoms. The number of esters is 1. The Labute approximate surface area is 160 Å². The molecule has 0 spiro atoms. The van der Waals surface area contributed by atoms with Crippen LogP contribution in [0.25, 0.3) is 0 Å². The summed E-state index contributed by atoms with van der Waals surface area (Å²) in [5.41, 5.74) is 0.218. The second kappa shape index (κ2) is 9.48. The summed E-state index contributed by atoms with van der Waals surface area (Å²) in [4.78, 5) is 24.9. The van der Waals surface area contributed by atoms with Crippen LogP contribution in [0.3, 0.4) is 0 Å². The van der Waals surface area contributed by atoms with Crippen molar-refractivity contribution < 1.29 is 28.5 Å². The Kier molecular flexibility index (Phi) is 7.33. The number of carbonyl (C=O) groups excluding carboxylic acids is 2. The van der Waals surface area contributed by atoms with Gasteiger partial charge in [-0.1, -0.05) is 19.8 Å². The third-order valence-electron chi connectivity index (χ3n) is 4.99. The van der Waals surface area contributed by atoms with Gasteiger partial charge in [0.15, 0.2) is 17.6 Å². The Morgan fingerprint density at radius 2 is 1.63 bits per heavy atom. The van der Waals surface area contributed by atoms with Gasteiger partial charge in [0, 0.05) is 6.04 Å². The fraction of sp³-hybridized carbons (Fsp3) is 0.600. The Bertz CT molecular complexity index is 649. The van der Waals surface area contributed by atoms with Gasteiger partial charge in [0.2, 0.25) is 5.75 Å². The van der Waals surface area contributed by atoms with Crippen LogP contribution in [0.1, 0.15) is 49.9 Å². The summed E-state index contributed by atoms with van der Waals surface area (Å²) in [7, 11) is 4.42. The molecule has 0 unspecified atom stereocenters. The van der Waals surface area contributed by atoms with Gasteiger partial charge in [-0.15, -0.1) is 0 Å². The van der Waals surface area contributed by atoms with Gasteiger partial charge in [0.1, 0.15) is 0 Å². The Balaban J connectivity index is 2.06. The summed E-state index contributed by atoms with van der Waals surface area (Å²) in [5.74, 6) is 0.589. The predicted octanol–water partition coefficient (Wildman–Crippen LogP) is 2.95. The molecule has 2 rings (SSSR count). The molecule has 0 aromatic heterocycles. The molecule has 1 aliphatic carbocycles. The number of nitrogens with one attached hydrogen (secondary N) is 1. The third-order valence-corrected chi connectivity index (χ3v) is 4.99. The standard InChI is InChI=1S/C20H29NO6/c1-12-8-6-7-9-15(12)21-19(22)13(2)27-20(23)14-10-16(24-3)18(26-5)17(11-14)25-4/h10-13,15H,6-9H2,1-5H3,(H,21,22)/t12-,13-,15-/m0/s1. The number of methoxy groups -OCH3 is 3. The molecule has 0 bridgehead atoms. The molecule has 3 atom stereocenters. The smallest absolute Gasteiger partial charge is 0.339 e. The molecule has 150 valence electrons. The van der Waals surface area contributed by atoms with Gasteiger partial charge in [0.25, 0.3) is 5.91 Å². The van der Waals surface area contributed by atoms with Gasteiger partial charge in [-0.3, -0.25) is 4.79 Å². The topological polar surface area (TPSA) is 83.1 Å². The van der Waals surface area contributed by atoms with Crippen molar-refractivity contribution >= 4 is 11.9 Å².